The summed E-state index contributed by atoms with van der Waals surface area (Å²) in [7, 11) is -4.39. The van der Waals surface area contributed by atoms with Crippen molar-refractivity contribution < 1.29 is 55.5 Å². The second-order valence-corrected chi connectivity index (χ2v) is 12.1. The van der Waals surface area contributed by atoms with E-state index < -0.39 is 51.4 Å². The van der Waals surface area contributed by atoms with Crippen LogP contribution in [0, 0.1) is 0 Å². The average molecular weight is 670 g/mol. The summed E-state index contributed by atoms with van der Waals surface area (Å²) in [6.45, 7) is 0.388. The van der Waals surface area contributed by atoms with Gasteiger partial charge < -0.3 is 21.3 Å². The van der Waals surface area contributed by atoms with E-state index in [2.05, 4.69) is 20.8 Å². The number of alkyl halides is 3. The first-order valence-corrected chi connectivity index (χ1v) is 15.3. The van der Waals surface area contributed by atoms with Gasteiger partial charge in [0.1, 0.15) is 17.1 Å². The number of amides is 2. The first-order chi connectivity index (χ1) is 20.0. The number of halogens is 3. The van der Waals surface area contributed by atoms with E-state index in [0.29, 0.717) is 12.1 Å². The zero-order valence-electron chi connectivity index (χ0n) is 21.5. The molecule has 1 fully saturated rings. The number of aliphatic carboxylic acids is 2. The van der Waals surface area contributed by atoms with Crippen LogP contribution in [0.2, 0.25) is 0 Å². The minimum Gasteiger partial charge on any atom is -0.477 e. The van der Waals surface area contributed by atoms with E-state index >= 15 is 0 Å². The number of rotatable bonds is 10. The van der Waals surface area contributed by atoms with Crippen molar-refractivity contribution in [1.82, 2.24) is 30.4 Å². The van der Waals surface area contributed by atoms with Crippen LogP contribution in [-0.2, 0) is 48.1 Å². The van der Waals surface area contributed by atoms with Crippen LogP contribution < -0.4 is 11.1 Å². The van der Waals surface area contributed by atoms with Gasteiger partial charge in [-0.25, -0.2) is 14.3 Å². The zero-order valence-corrected chi connectivity index (χ0v) is 23.9. The Morgan fingerprint density at radius 2 is 1.77 bits per heavy atom. The number of nitrogens with one attached hydrogen (secondary N) is 1. The zero-order chi connectivity index (χ0) is 32.1. The van der Waals surface area contributed by atoms with Crippen molar-refractivity contribution in [3.63, 3.8) is 0 Å². The Bertz CT molecular complexity index is 1530. The molecule has 1 unspecified atom stereocenters. The SMILES string of the molecule is NCc1ccc(CC(=O)NC2C(=O)N3C(C(=O)O)=C(CSc4nnnn4CS(=O)(=O)O)CS[C@H]23)cc1.O=C(O)C(F)(F)F. The fourth-order valence-electron chi connectivity index (χ4n) is 3.68. The third-order valence-corrected chi connectivity index (χ3v) is 8.55. The van der Waals surface area contributed by atoms with E-state index in [1.807, 2.05) is 12.1 Å². The maximum absolute atomic E-state index is 12.8. The molecule has 6 N–H and O–H groups in total. The maximum Gasteiger partial charge on any atom is 0.490 e. The number of carbonyl (C=O) groups excluding carboxylic acids is 2. The molecule has 0 bridgehead atoms. The first kappa shape index (κ1) is 33.8. The molecule has 2 amide bonds. The minimum atomic E-state index is -5.08. The van der Waals surface area contributed by atoms with Crippen molar-refractivity contribution in [3.8, 4) is 0 Å². The number of hydrogen-bond acceptors (Lipinski definition) is 12. The van der Waals surface area contributed by atoms with E-state index in [1.165, 1.54) is 11.8 Å². The number of nitrogens with two attached hydrogens (primary N) is 1. The maximum atomic E-state index is 12.8. The number of aromatic nitrogens is 4. The Hall–Kier alpha value is -3.73. The van der Waals surface area contributed by atoms with E-state index in [4.69, 9.17) is 20.2 Å². The summed E-state index contributed by atoms with van der Waals surface area (Å²) in [5, 5.41) is 29.6. The molecule has 4 rings (SSSR count). The summed E-state index contributed by atoms with van der Waals surface area (Å²) >= 11 is 2.27. The standard InChI is InChI=1S/C19H21N7O7S3.C2HF3O2/c20-6-11-3-1-10(2-4-11)5-13(27)21-14-16(28)26-15(18(29)30)12(7-34-17(14)26)8-35-19-22-23-24-25(19)9-36(31,32)33;3-2(4,5)1(6)7/h1-4,14,17H,5-9,20H2,(H,21,27)(H,29,30)(H,31,32,33);(H,6,7)/t14?,17-;/m1./s1. The number of carboxylic acids is 2. The van der Waals surface area contributed by atoms with E-state index in [0.717, 1.165) is 32.5 Å². The fraction of sp³-hybridized carbons (Fsp3) is 0.381. The van der Waals surface area contributed by atoms with Crippen molar-refractivity contribution >= 4 is 57.4 Å². The molecule has 2 atom stereocenters. The predicted molar refractivity (Wildman–Crippen MR) is 142 cm³/mol. The van der Waals surface area contributed by atoms with Crippen LogP contribution in [0.5, 0.6) is 0 Å². The monoisotopic (exact) mass is 669 g/mol. The van der Waals surface area contributed by atoms with Gasteiger partial charge in [0, 0.05) is 18.1 Å². The number of benzene rings is 1. The first-order valence-electron chi connectivity index (χ1n) is 11.6. The molecule has 0 saturated carbocycles. The number of fused-ring (bicyclic) bond motifs is 1. The molecule has 0 radical (unpaired) electrons. The number of tetrazole rings is 1. The van der Waals surface area contributed by atoms with Crippen molar-refractivity contribution in [2.45, 2.75) is 41.6 Å². The molecule has 3 heterocycles. The molecule has 22 heteroatoms. The lowest BCUT2D eigenvalue weighted by Crippen LogP contribution is -2.70. The third kappa shape index (κ3) is 8.89. The van der Waals surface area contributed by atoms with E-state index in [-0.39, 0.29) is 34.7 Å². The lowest BCUT2D eigenvalue weighted by Gasteiger charge is -2.49. The molecule has 2 aromatic rings. The van der Waals surface area contributed by atoms with Gasteiger partial charge in [0.05, 0.1) is 6.42 Å². The number of thioether (sulfide) groups is 2. The van der Waals surface area contributed by atoms with Crippen molar-refractivity contribution in [1.29, 1.82) is 0 Å². The molecule has 0 aliphatic carbocycles. The lowest BCUT2D eigenvalue weighted by molar-refractivity contribution is -0.192. The Kier molecular flexibility index (Phi) is 10.8. The predicted octanol–water partition coefficient (Wildman–Crippen LogP) is -0.316. The van der Waals surface area contributed by atoms with Crippen LogP contribution in [0.1, 0.15) is 11.1 Å². The fourth-order valence-corrected chi connectivity index (χ4v) is 6.61. The van der Waals surface area contributed by atoms with Crippen molar-refractivity contribution in [2.24, 2.45) is 5.73 Å². The summed E-state index contributed by atoms with van der Waals surface area (Å²) < 4.78 is 63.9. The van der Waals surface area contributed by atoms with Gasteiger partial charge in [-0.3, -0.25) is 19.0 Å². The number of carboxylic acid groups (broad SMARTS) is 2. The molecule has 234 valence electrons. The molecule has 1 aromatic carbocycles. The molecular formula is C21H22F3N7O9S3. The average Bonchev–Trinajstić information content (AvgIpc) is 3.35. The van der Waals surface area contributed by atoms with Gasteiger partial charge in [-0.15, -0.1) is 16.9 Å². The summed E-state index contributed by atoms with van der Waals surface area (Å²) in [4.78, 5) is 47.4. The van der Waals surface area contributed by atoms with Crippen LogP contribution in [0.15, 0.2) is 40.7 Å². The highest BCUT2D eigenvalue weighted by molar-refractivity contribution is 8.01. The van der Waals surface area contributed by atoms with E-state index in [9.17, 15) is 41.1 Å². The molecule has 16 nitrogen and oxygen atoms in total. The second kappa shape index (κ2) is 13.7. The Balaban J connectivity index is 0.000000646. The summed E-state index contributed by atoms with van der Waals surface area (Å²) in [5.74, 6) is -5.48. The molecule has 43 heavy (non-hydrogen) atoms. The molecular weight excluding hydrogens is 647 g/mol. The number of carbonyl (C=O) groups is 4. The second-order valence-electron chi connectivity index (χ2n) is 8.67. The van der Waals surface area contributed by atoms with Gasteiger partial charge in [0.2, 0.25) is 11.1 Å². The largest absolute Gasteiger partial charge is 0.490 e. The Labute approximate surface area is 248 Å². The number of nitrogens with zero attached hydrogens (tertiary/aromatic N) is 5. The number of β-lactam (4-membered cyclic amide) rings is 1. The van der Waals surface area contributed by atoms with Crippen molar-refractivity contribution in [3.05, 3.63) is 46.7 Å². The highest BCUT2D eigenvalue weighted by Gasteiger charge is 2.54. The molecule has 2 aliphatic heterocycles. The highest BCUT2D eigenvalue weighted by Crippen LogP contribution is 2.41. The van der Waals surface area contributed by atoms with Gasteiger partial charge >= 0.3 is 18.1 Å². The summed E-state index contributed by atoms with van der Waals surface area (Å²) in [6, 6.07) is 6.36. The summed E-state index contributed by atoms with van der Waals surface area (Å²) in [5.41, 5.74) is 7.48. The summed E-state index contributed by atoms with van der Waals surface area (Å²) in [6.07, 6.45) is -5.02. The smallest absolute Gasteiger partial charge is 0.477 e. The quantitative estimate of drug-likeness (QED) is 0.124. The normalized spacial score (nSPS) is 18.3. The van der Waals surface area contributed by atoms with Gasteiger partial charge in [-0.1, -0.05) is 36.0 Å². The van der Waals surface area contributed by atoms with Gasteiger partial charge in [-0.05, 0) is 27.1 Å². The Morgan fingerprint density at radius 1 is 1.16 bits per heavy atom. The number of hydrogen-bond donors (Lipinski definition) is 5. The van der Waals surface area contributed by atoms with Gasteiger partial charge in [0.25, 0.3) is 16.0 Å². The molecule has 1 aromatic heterocycles. The minimum absolute atomic E-state index is 0.0524. The van der Waals surface area contributed by atoms with Crippen LogP contribution in [0.25, 0.3) is 0 Å². The van der Waals surface area contributed by atoms with Crippen molar-refractivity contribution in [2.75, 3.05) is 11.5 Å². The van der Waals surface area contributed by atoms with Gasteiger partial charge in [-0.2, -0.15) is 21.6 Å². The molecule has 2 aliphatic rings. The topological polar surface area (TPSA) is 248 Å². The molecule has 0 spiro atoms. The third-order valence-electron chi connectivity index (χ3n) is 5.59. The van der Waals surface area contributed by atoms with E-state index in [1.54, 1.807) is 12.1 Å². The molecule has 1 saturated heterocycles. The van der Waals surface area contributed by atoms with Crippen LogP contribution in [0.3, 0.4) is 0 Å². The van der Waals surface area contributed by atoms with Crippen LogP contribution >= 0.6 is 23.5 Å². The Morgan fingerprint density at radius 3 is 2.30 bits per heavy atom. The lowest BCUT2D eigenvalue weighted by atomic mass is 10.0. The van der Waals surface area contributed by atoms with Gasteiger partial charge in [0.15, 0.2) is 5.88 Å². The highest BCUT2D eigenvalue weighted by atomic mass is 32.2. The van der Waals surface area contributed by atoms with Crippen LogP contribution in [-0.4, -0.2) is 101 Å². The van der Waals surface area contributed by atoms with Crippen LogP contribution in [0.4, 0.5) is 13.2 Å².